The van der Waals surface area contributed by atoms with Gasteiger partial charge in [0.25, 0.3) is 5.91 Å². The van der Waals surface area contributed by atoms with Crippen LogP contribution in [0.4, 0.5) is 11.4 Å². The molecule has 2 aromatic carbocycles. The third-order valence-electron chi connectivity index (χ3n) is 3.32. The quantitative estimate of drug-likeness (QED) is 0.857. The summed E-state index contributed by atoms with van der Waals surface area (Å²) in [4.78, 5) is 14.5. The number of anilines is 2. The molecule has 0 atom stereocenters. The van der Waals surface area contributed by atoms with E-state index in [1.807, 2.05) is 38.1 Å². The summed E-state index contributed by atoms with van der Waals surface area (Å²) in [5.41, 5.74) is 8.78. The largest absolute Gasteiger partial charge is 0.399 e. The van der Waals surface area contributed by atoms with E-state index in [9.17, 15) is 4.79 Å². The first-order valence-electron chi connectivity index (χ1n) is 6.96. The summed E-state index contributed by atoms with van der Waals surface area (Å²) < 4.78 is 0. The topological polar surface area (TPSA) is 46.3 Å². The number of nitrogens with two attached hydrogens (primary N) is 1. The monoisotopic (exact) mass is 302 g/mol. The Bertz CT molecular complexity index is 638. The molecule has 0 saturated heterocycles. The summed E-state index contributed by atoms with van der Waals surface area (Å²) in [6, 6.07) is 12.7. The molecule has 0 aromatic heterocycles. The van der Waals surface area contributed by atoms with Crippen LogP contribution in [0.25, 0.3) is 0 Å². The Morgan fingerprint density at radius 3 is 2.43 bits per heavy atom. The summed E-state index contributed by atoms with van der Waals surface area (Å²) in [7, 11) is 0. The van der Waals surface area contributed by atoms with Crippen LogP contribution in [0.3, 0.4) is 0 Å². The minimum absolute atomic E-state index is 0.0523. The molecule has 0 fully saturated rings. The number of aryl methyl sites for hydroxylation is 1. The summed E-state index contributed by atoms with van der Waals surface area (Å²) in [6.45, 7) is 4.61. The highest BCUT2D eigenvalue weighted by molar-refractivity contribution is 6.31. The van der Waals surface area contributed by atoms with E-state index >= 15 is 0 Å². The third kappa shape index (κ3) is 3.56. The van der Waals surface area contributed by atoms with Crippen LogP contribution in [0.1, 0.15) is 29.3 Å². The SMILES string of the molecule is CCCN(C(=O)c1ccc(C)c(Cl)c1)c1ccc(N)cc1. The fraction of sp³-hybridized carbons (Fsp3) is 0.235. The number of rotatable bonds is 4. The third-order valence-corrected chi connectivity index (χ3v) is 3.72. The second kappa shape index (κ2) is 6.64. The first-order chi connectivity index (χ1) is 10.0. The van der Waals surface area contributed by atoms with E-state index in [4.69, 9.17) is 17.3 Å². The fourth-order valence-electron chi connectivity index (χ4n) is 2.11. The van der Waals surface area contributed by atoms with E-state index in [1.165, 1.54) is 0 Å². The summed E-state index contributed by atoms with van der Waals surface area (Å²) in [6.07, 6.45) is 0.871. The maximum Gasteiger partial charge on any atom is 0.258 e. The number of nitrogen functional groups attached to an aromatic ring is 1. The minimum atomic E-state index is -0.0523. The van der Waals surface area contributed by atoms with Crippen molar-refractivity contribution in [2.75, 3.05) is 17.2 Å². The van der Waals surface area contributed by atoms with Gasteiger partial charge in [-0.25, -0.2) is 0 Å². The lowest BCUT2D eigenvalue weighted by Gasteiger charge is -2.22. The highest BCUT2D eigenvalue weighted by Gasteiger charge is 2.17. The maximum absolute atomic E-state index is 12.7. The Morgan fingerprint density at radius 1 is 1.19 bits per heavy atom. The highest BCUT2D eigenvalue weighted by Crippen LogP contribution is 2.22. The van der Waals surface area contributed by atoms with Crippen molar-refractivity contribution in [1.29, 1.82) is 0 Å². The van der Waals surface area contributed by atoms with Gasteiger partial charge in [-0.05, 0) is 55.3 Å². The zero-order valence-corrected chi connectivity index (χ0v) is 13.0. The van der Waals surface area contributed by atoms with Crippen molar-refractivity contribution in [2.45, 2.75) is 20.3 Å². The Balaban J connectivity index is 2.34. The van der Waals surface area contributed by atoms with E-state index in [-0.39, 0.29) is 5.91 Å². The molecule has 0 aliphatic carbocycles. The second-order valence-corrected chi connectivity index (χ2v) is 5.42. The van der Waals surface area contributed by atoms with Gasteiger partial charge in [0.2, 0.25) is 0 Å². The van der Waals surface area contributed by atoms with E-state index in [1.54, 1.807) is 23.1 Å². The van der Waals surface area contributed by atoms with Gasteiger partial charge in [0.15, 0.2) is 0 Å². The van der Waals surface area contributed by atoms with Crippen LogP contribution in [-0.2, 0) is 0 Å². The van der Waals surface area contributed by atoms with Crippen molar-refractivity contribution in [3.05, 3.63) is 58.6 Å². The van der Waals surface area contributed by atoms with Gasteiger partial charge in [0, 0.05) is 28.5 Å². The average molecular weight is 303 g/mol. The molecule has 3 nitrogen and oxygen atoms in total. The first kappa shape index (κ1) is 15.4. The molecule has 2 aromatic rings. The lowest BCUT2D eigenvalue weighted by atomic mass is 10.1. The normalized spacial score (nSPS) is 10.4. The molecule has 0 spiro atoms. The lowest BCUT2D eigenvalue weighted by Crippen LogP contribution is -2.31. The summed E-state index contributed by atoms with van der Waals surface area (Å²) in [5, 5.41) is 0.606. The predicted molar refractivity (Wildman–Crippen MR) is 89.0 cm³/mol. The zero-order chi connectivity index (χ0) is 15.4. The van der Waals surface area contributed by atoms with Gasteiger partial charge in [0.1, 0.15) is 0 Å². The number of hydrogen-bond acceptors (Lipinski definition) is 2. The molecule has 0 unspecified atom stereocenters. The molecule has 110 valence electrons. The van der Waals surface area contributed by atoms with Crippen molar-refractivity contribution in [3.8, 4) is 0 Å². The van der Waals surface area contributed by atoms with Gasteiger partial charge in [-0.1, -0.05) is 24.6 Å². The molecule has 0 saturated carbocycles. The van der Waals surface area contributed by atoms with Crippen LogP contribution in [-0.4, -0.2) is 12.5 Å². The second-order valence-electron chi connectivity index (χ2n) is 5.01. The molecular formula is C17H19ClN2O. The van der Waals surface area contributed by atoms with Crippen molar-refractivity contribution >= 4 is 28.9 Å². The van der Waals surface area contributed by atoms with Crippen LogP contribution in [0.2, 0.25) is 5.02 Å². The van der Waals surface area contributed by atoms with Crippen LogP contribution in [0.5, 0.6) is 0 Å². The van der Waals surface area contributed by atoms with Crippen LogP contribution >= 0.6 is 11.6 Å². The van der Waals surface area contributed by atoms with E-state index in [0.717, 1.165) is 17.7 Å². The van der Waals surface area contributed by atoms with Gasteiger partial charge in [-0.2, -0.15) is 0 Å². The molecule has 0 bridgehead atoms. The van der Waals surface area contributed by atoms with Crippen molar-refractivity contribution in [3.63, 3.8) is 0 Å². The van der Waals surface area contributed by atoms with Crippen LogP contribution in [0.15, 0.2) is 42.5 Å². The molecule has 2 rings (SSSR count). The van der Waals surface area contributed by atoms with E-state index < -0.39 is 0 Å². The summed E-state index contributed by atoms with van der Waals surface area (Å²) >= 11 is 6.12. The molecular weight excluding hydrogens is 284 g/mol. The van der Waals surface area contributed by atoms with Crippen LogP contribution < -0.4 is 10.6 Å². The van der Waals surface area contributed by atoms with Gasteiger partial charge < -0.3 is 10.6 Å². The number of carbonyl (C=O) groups excluding carboxylic acids is 1. The Morgan fingerprint density at radius 2 is 1.86 bits per heavy atom. The van der Waals surface area contributed by atoms with Gasteiger partial charge in [0.05, 0.1) is 0 Å². The van der Waals surface area contributed by atoms with Gasteiger partial charge in [-0.3, -0.25) is 4.79 Å². The molecule has 0 radical (unpaired) electrons. The molecule has 0 heterocycles. The molecule has 0 aliphatic heterocycles. The van der Waals surface area contributed by atoms with Crippen molar-refractivity contribution in [2.24, 2.45) is 0 Å². The number of nitrogens with zero attached hydrogens (tertiary/aromatic N) is 1. The van der Waals surface area contributed by atoms with Gasteiger partial charge in [-0.15, -0.1) is 0 Å². The number of amides is 1. The van der Waals surface area contributed by atoms with E-state index in [2.05, 4.69) is 0 Å². The predicted octanol–water partition coefficient (Wildman–Crippen LogP) is 4.29. The molecule has 0 aliphatic rings. The Hall–Kier alpha value is -2.00. The lowest BCUT2D eigenvalue weighted by molar-refractivity contribution is 0.0987. The standard InChI is InChI=1S/C17H19ClN2O/c1-3-10-20(15-8-6-14(19)7-9-15)17(21)13-5-4-12(2)16(18)11-13/h4-9,11H,3,10,19H2,1-2H3. The van der Waals surface area contributed by atoms with Crippen LogP contribution in [0, 0.1) is 6.92 Å². The van der Waals surface area contributed by atoms with Crippen molar-refractivity contribution < 1.29 is 4.79 Å². The molecule has 1 amide bonds. The highest BCUT2D eigenvalue weighted by atomic mass is 35.5. The zero-order valence-electron chi connectivity index (χ0n) is 12.3. The average Bonchev–Trinajstić information content (AvgIpc) is 2.48. The smallest absolute Gasteiger partial charge is 0.258 e. The molecule has 21 heavy (non-hydrogen) atoms. The Labute approximate surface area is 130 Å². The maximum atomic E-state index is 12.7. The number of hydrogen-bond donors (Lipinski definition) is 1. The first-order valence-corrected chi connectivity index (χ1v) is 7.34. The number of benzene rings is 2. The summed E-state index contributed by atoms with van der Waals surface area (Å²) in [5.74, 6) is -0.0523. The van der Waals surface area contributed by atoms with E-state index in [0.29, 0.717) is 22.8 Å². The number of carbonyl (C=O) groups is 1. The molecule has 2 N–H and O–H groups in total. The molecule has 4 heteroatoms. The Kier molecular flexibility index (Phi) is 4.86. The van der Waals surface area contributed by atoms with Gasteiger partial charge >= 0.3 is 0 Å². The number of halogens is 1. The van der Waals surface area contributed by atoms with Crippen molar-refractivity contribution in [1.82, 2.24) is 0 Å². The fourth-order valence-corrected chi connectivity index (χ4v) is 2.29. The minimum Gasteiger partial charge on any atom is -0.399 e.